The summed E-state index contributed by atoms with van der Waals surface area (Å²) in [6.45, 7) is 0. The van der Waals surface area contributed by atoms with Crippen LogP contribution in [-0.2, 0) is 0 Å². The zero-order valence-electron chi connectivity index (χ0n) is 9.90. The Morgan fingerprint density at radius 1 is 1.05 bits per heavy atom. The maximum Gasteiger partial charge on any atom is 0.573 e. The number of ether oxygens (including phenoxy) is 1. The average Bonchev–Trinajstić information content (AvgIpc) is 2.38. The molecule has 7 heteroatoms. The molecule has 0 amide bonds. The number of benzene rings is 1. The monoisotopic (exact) mass is 283 g/mol. The first-order valence-electron chi connectivity index (χ1n) is 5.44. The van der Waals surface area contributed by atoms with Crippen molar-refractivity contribution >= 4 is 6.29 Å². The van der Waals surface area contributed by atoms with Gasteiger partial charge in [-0.05, 0) is 18.2 Å². The number of hydrogen-bond donors (Lipinski definition) is 1. The van der Waals surface area contributed by atoms with Crippen molar-refractivity contribution in [2.45, 2.75) is 6.36 Å². The molecule has 0 unspecified atom stereocenters. The van der Waals surface area contributed by atoms with Crippen LogP contribution in [-0.4, -0.2) is 17.6 Å². The lowest BCUT2D eigenvalue weighted by atomic mass is 10.1. The van der Waals surface area contributed by atoms with Crippen molar-refractivity contribution in [3.05, 3.63) is 52.4 Å². The predicted octanol–water partition coefficient (Wildman–Crippen LogP) is 2.75. The van der Waals surface area contributed by atoms with E-state index >= 15 is 0 Å². The van der Waals surface area contributed by atoms with Gasteiger partial charge in [0.1, 0.15) is 5.75 Å². The van der Waals surface area contributed by atoms with Crippen LogP contribution in [0.15, 0.2) is 41.2 Å². The summed E-state index contributed by atoms with van der Waals surface area (Å²) in [6.07, 6.45) is -4.42. The van der Waals surface area contributed by atoms with Gasteiger partial charge in [-0.15, -0.1) is 13.2 Å². The van der Waals surface area contributed by atoms with Crippen LogP contribution in [0.5, 0.6) is 5.75 Å². The number of H-pyrrole nitrogens is 1. The lowest BCUT2D eigenvalue weighted by Crippen LogP contribution is -2.18. The molecule has 0 saturated carbocycles. The largest absolute Gasteiger partial charge is 0.573 e. The van der Waals surface area contributed by atoms with Gasteiger partial charge in [-0.2, -0.15) is 0 Å². The fourth-order valence-electron chi connectivity index (χ4n) is 1.67. The van der Waals surface area contributed by atoms with Gasteiger partial charge in [0.25, 0.3) is 5.56 Å². The molecule has 104 valence electrons. The van der Waals surface area contributed by atoms with Crippen LogP contribution in [0.2, 0.25) is 0 Å². The highest BCUT2D eigenvalue weighted by Gasteiger charge is 2.32. The smallest absolute Gasteiger partial charge is 0.405 e. The van der Waals surface area contributed by atoms with E-state index in [1.54, 1.807) is 0 Å². The number of rotatable bonds is 3. The molecule has 0 bridgehead atoms. The van der Waals surface area contributed by atoms with Gasteiger partial charge >= 0.3 is 6.36 Å². The Labute approximate surface area is 110 Å². The number of alkyl halides is 3. The second kappa shape index (κ2) is 5.20. The summed E-state index contributed by atoms with van der Waals surface area (Å²) in [5.74, 6) is -0.482. The van der Waals surface area contributed by atoms with Crippen molar-refractivity contribution in [2.75, 3.05) is 0 Å². The molecule has 0 aliphatic carbocycles. The molecule has 0 saturated heterocycles. The van der Waals surface area contributed by atoms with Gasteiger partial charge in [-0.25, -0.2) is 0 Å². The first-order valence-corrected chi connectivity index (χ1v) is 5.44. The van der Waals surface area contributed by atoms with E-state index < -0.39 is 17.7 Å². The third-order valence-corrected chi connectivity index (χ3v) is 2.46. The Kier molecular flexibility index (Phi) is 3.60. The number of aromatic amines is 1. The lowest BCUT2D eigenvalue weighted by Gasteiger charge is -2.12. The third-order valence-electron chi connectivity index (χ3n) is 2.46. The van der Waals surface area contributed by atoms with E-state index in [2.05, 4.69) is 9.72 Å². The first-order chi connectivity index (χ1) is 9.40. The van der Waals surface area contributed by atoms with Gasteiger partial charge in [0.15, 0.2) is 6.29 Å². The van der Waals surface area contributed by atoms with Crippen molar-refractivity contribution in [2.24, 2.45) is 0 Å². The molecule has 2 rings (SSSR count). The van der Waals surface area contributed by atoms with Crippen molar-refractivity contribution in [3.63, 3.8) is 0 Å². The maximum absolute atomic E-state index is 12.3. The molecular weight excluding hydrogens is 275 g/mol. The van der Waals surface area contributed by atoms with Crippen molar-refractivity contribution in [1.82, 2.24) is 4.98 Å². The van der Waals surface area contributed by atoms with E-state index in [-0.39, 0.29) is 16.8 Å². The SMILES string of the molecule is O=Cc1ccc(-c2ccccc2OC(F)(F)F)c(=O)[nH]1. The van der Waals surface area contributed by atoms with Crippen molar-refractivity contribution in [3.8, 4) is 16.9 Å². The minimum Gasteiger partial charge on any atom is -0.405 e. The second-order valence-corrected chi connectivity index (χ2v) is 3.82. The first kappa shape index (κ1) is 13.9. The summed E-state index contributed by atoms with van der Waals surface area (Å²) < 4.78 is 40.8. The number of aldehydes is 1. The van der Waals surface area contributed by atoms with Gasteiger partial charge in [0.2, 0.25) is 0 Å². The number of pyridine rings is 1. The molecule has 1 heterocycles. The fourth-order valence-corrected chi connectivity index (χ4v) is 1.67. The molecule has 1 aromatic carbocycles. The van der Waals surface area contributed by atoms with E-state index in [1.165, 1.54) is 30.3 Å². The Hall–Kier alpha value is -2.57. The highest BCUT2D eigenvalue weighted by atomic mass is 19.4. The molecule has 0 atom stereocenters. The zero-order valence-corrected chi connectivity index (χ0v) is 9.90. The Morgan fingerprint density at radius 3 is 2.35 bits per heavy atom. The highest BCUT2D eigenvalue weighted by Crippen LogP contribution is 2.31. The summed E-state index contributed by atoms with van der Waals surface area (Å²) >= 11 is 0. The molecule has 0 fully saturated rings. The van der Waals surface area contributed by atoms with E-state index in [9.17, 15) is 22.8 Å². The van der Waals surface area contributed by atoms with E-state index in [0.29, 0.717) is 6.29 Å². The summed E-state index contributed by atoms with van der Waals surface area (Å²) in [4.78, 5) is 24.5. The summed E-state index contributed by atoms with van der Waals surface area (Å²) in [5, 5.41) is 0. The Bertz CT molecular complexity index is 692. The number of aromatic nitrogens is 1. The maximum atomic E-state index is 12.3. The van der Waals surface area contributed by atoms with Crippen LogP contribution < -0.4 is 10.3 Å². The normalized spacial score (nSPS) is 11.2. The van der Waals surface area contributed by atoms with E-state index in [0.717, 1.165) is 6.07 Å². The van der Waals surface area contributed by atoms with Crippen LogP contribution in [0.25, 0.3) is 11.1 Å². The quantitative estimate of drug-likeness (QED) is 0.881. The standard InChI is InChI=1S/C13H8F3NO3/c14-13(15,16)20-11-4-2-1-3-9(11)10-6-5-8(7-18)17-12(10)19/h1-7H,(H,17,19). The fraction of sp³-hybridized carbons (Fsp3) is 0.0769. The minimum atomic E-state index is -4.86. The number of carbonyl (C=O) groups excluding carboxylic acids is 1. The van der Waals surface area contributed by atoms with Gasteiger partial charge in [-0.3, -0.25) is 9.59 Å². The van der Waals surface area contributed by atoms with Crippen molar-refractivity contribution in [1.29, 1.82) is 0 Å². The van der Waals surface area contributed by atoms with Crippen LogP contribution >= 0.6 is 0 Å². The minimum absolute atomic E-state index is 0.0106. The number of para-hydroxylation sites is 1. The van der Waals surface area contributed by atoms with E-state index in [4.69, 9.17) is 0 Å². The summed E-state index contributed by atoms with van der Waals surface area (Å²) in [5.41, 5.74) is -0.667. The zero-order chi connectivity index (χ0) is 14.8. The molecule has 2 aromatic rings. The lowest BCUT2D eigenvalue weighted by molar-refractivity contribution is -0.274. The Morgan fingerprint density at radius 2 is 1.75 bits per heavy atom. The second-order valence-electron chi connectivity index (χ2n) is 3.82. The Balaban J connectivity index is 2.53. The highest BCUT2D eigenvalue weighted by molar-refractivity contribution is 5.75. The van der Waals surface area contributed by atoms with Gasteiger partial charge in [0.05, 0.1) is 11.3 Å². The number of carbonyl (C=O) groups is 1. The molecule has 0 radical (unpaired) electrons. The van der Waals surface area contributed by atoms with Crippen LogP contribution in [0, 0.1) is 0 Å². The van der Waals surface area contributed by atoms with Gasteiger partial charge in [-0.1, -0.05) is 18.2 Å². The van der Waals surface area contributed by atoms with Crippen LogP contribution in [0.1, 0.15) is 10.5 Å². The number of halogens is 3. The number of hydrogen-bond acceptors (Lipinski definition) is 3. The van der Waals surface area contributed by atoms with Crippen LogP contribution in [0.3, 0.4) is 0 Å². The van der Waals surface area contributed by atoms with Gasteiger partial charge in [0, 0.05) is 5.56 Å². The predicted molar refractivity (Wildman–Crippen MR) is 64.6 cm³/mol. The molecule has 20 heavy (non-hydrogen) atoms. The molecule has 0 spiro atoms. The molecule has 0 aliphatic heterocycles. The van der Waals surface area contributed by atoms with Crippen LogP contribution in [0.4, 0.5) is 13.2 Å². The molecular formula is C13H8F3NO3. The molecule has 1 aromatic heterocycles. The van der Waals surface area contributed by atoms with E-state index in [1.807, 2.05) is 0 Å². The number of nitrogens with one attached hydrogen (secondary N) is 1. The van der Waals surface area contributed by atoms with Crippen molar-refractivity contribution < 1.29 is 22.7 Å². The average molecular weight is 283 g/mol. The molecule has 1 N–H and O–H groups in total. The topological polar surface area (TPSA) is 59.2 Å². The summed E-state index contributed by atoms with van der Waals surface area (Å²) in [6, 6.07) is 7.83. The van der Waals surface area contributed by atoms with Gasteiger partial charge < -0.3 is 9.72 Å². The third kappa shape index (κ3) is 3.05. The molecule has 0 aliphatic rings. The molecule has 4 nitrogen and oxygen atoms in total. The summed E-state index contributed by atoms with van der Waals surface area (Å²) in [7, 11) is 0.